The quantitative estimate of drug-likeness (QED) is 0.174. The summed E-state index contributed by atoms with van der Waals surface area (Å²) in [5.41, 5.74) is 5.05. The fourth-order valence-electron chi connectivity index (χ4n) is 0.494. The summed E-state index contributed by atoms with van der Waals surface area (Å²) in [4.78, 5) is 0. The Hall–Kier alpha value is -0.360. The van der Waals surface area contributed by atoms with E-state index in [9.17, 15) is 0 Å². The second-order valence-corrected chi connectivity index (χ2v) is 1.93. The van der Waals surface area contributed by atoms with E-state index in [-0.39, 0.29) is 18.4 Å². The van der Waals surface area contributed by atoms with Crippen LogP contribution in [-0.4, -0.2) is 32.5 Å². The van der Waals surface area contributed by atoms with Crippen LogP contribution in [0.15, 0.2) is 0 Å². The van der Waals surface area contributed by atoms with Crippen LogP contribution in [0.2, 0.25) is 0 Å². The minimum Gasteiger partial charge on any atom is -1.00 e. The molecule has 5 N–H and O–H groups in total. The summed E-state index contributed by atoms with van der Waals surface area (Å²) in [6.45, 7) is 4.18. The third kappa shape index (κ3) is 12.3. The molecule has 0 saturated carbocycles. The van der Waals surface area contributed by atoms with Gasteiger partial charge in [-0.1, -0.05) is 0 Å². The van der Waals surface area contributed by atoms with Crippen molar-refractivity contribution in [2.75, 3.05) is 26.6 Å². The smallest absolute Gasteiger partial charge is 0.290 e. The van der Waals surface area contributed by atoms with Gasteiger partial charge in [-0.25, -0.2) is 5.41 Å². The maximum absolute atomic E-state index is 6.82. The van der Waals surface area contributed by atoms with Gasteiger partial charge in [-0.05, 0) is 6.92 Å². The predicted octanol–water partition coefficient (Wildman–Crippen LogP) is -4.54. The van der Waals surface area contributed by atoms with E-state index in [0.717, 1.165) is 0 Å². The molecule has 6 heteroatoms. The van der Waals surface area contributed by atoms with Crippen LogP contribution in [0.25, 0.3) is 0 Å². The number of rotatable bonds is 6. The second kappa shape index (κ2) is 10.6. The number of halogens is 1. The van der Waals surface area contributed by atoms with Crippen molar-refractivity contribution in [2.45, 2.75) is 6.92 Å². The lowest BCUT2D eigenvalue weighted by atomic mass is 10.7. The van der Waals surface area contributed by atoms with Gasteiger partial charge in [0.25, 0.3) is 5.96 Å². The highest BCUT2D eigenvalue weighted by Gasteiger charge is 1.91. The van der Waals surface area contributed by atoms with E-state index in [1.54, 1.807) is 0 Å². The fourth-order valence-corrected chi connectivity index (χ4v) is 0.494. The van der Waals surface area contributed by atoms with Crippen LogP contribution in [-0.2, 0) is 9.47 Å². The average molecular weight is 198 g/mol. The standard InChI is InChI=1S/C6H15N3O2.ClH/c1-2-10-3-4-11-5-9-6(7)8;/h2-5H2,1H3,(H4,7,8,9);1H. The molecule has 0 spiro atoms. The third-order valence-electron chi connectivity index (χ3n) is 0.997. The van der Waals surface area contributed by atoms with Crippen LogP contribution in [0.3, 0.4) is 0 Å². The van der Waals surface area contributed by atoms with Crippen molar-refractivity contribution < 1.29 is 27.2 Å². The van der Waals surface area contributed by atoms with Crippen molar-refractivity contribution in [1.29, 1.82) is 5.41 Å². The van der Waals surface area contributed by atoms with Crippen molar-refractivity contribution in [3.05, 3.63) is 0 Å². The summed E-state index contributed by atoms with van der Waals surface area (Å²) in [6.07, 6.45) is 0. The van der Waals surface area contributed by atoms with E-state index in [1.165, 1.54) is 5.32 Å². The number of hydrogen-bond donors (Lipinski definition) is 3. The highest BCUT2D eigenvalue weighted by molar-refractivity contribution is 5.62. The SMILES string of the molecule is CCOCCOC[NH2+]C(=N)N.[Cl-]. The van der Waals surface area contributed by atoms with Gasteiger partial charge in [-0.2, -0.15) is 0 Å². The van der Waals surface area contributed by atoms with Gasteiger partial charge in [0.05, 0.1) is 13.2 Å². The lowest BCUT2D eigenvalue weighted by Gasteiger charge is -2.01. The van der Waals surface area contributed by atoms with Gasteiger partial charge in [0, 0.05) is 6.61 Å². The molecule has 0 aromatic heterocycles. The third-order valence-corrected chi connectivity index (χ3v) is 0.997. The van der Waals surface area contributed by atoms with Gasteiger partial charge in [0.1, 0.15) is 0 Å². The number of quaternary nitrogens is 1. The number of guanidine groups is 1. The van der Waals surface area contributed by atoms with Crippen LogP contribution in [0.1, 0.15) is 6.92 Å². The van der Waals surface area contributed by atoms with Crippen LogP contribution in [0.5, 0.6) is 0 Å². The molecule has 0 rings (SSSR count). The zero-order chi connectivity index (χ0) is 8.53. The number of nitrogens with two attached hydrogens (primary N) is 2. The molecule has 0 radical (unpaired) electrons. The molecule has 0 amide bonds. The molecule has 0 aliphatic carbocycles. The maximum atomic E-state index is 6.82. The first kappa shape index (κ1) is 14.2. The Balaban J connectivity index is 0. The summed E-state index contributed by atoms with van der Waals surface area (Å²) >= 11 is 0. The number of nitrogens with one attached hydrogen (secondary N) is 1. The van der Waals surface area contributed by atoms with Gasteiger partial charge < -0.3 is 27.6 Å². The lowest BCUT2D eigenvalue weighted by Crippen LogP contribution is -3.00. The summed E-state index contributed by atoms with van der Waals surface area (Å²) in [6, 6.07) is 0. The molecule has 74 valence electrons. The van der Waals surface area contributed by atoms with Gasteiger partial charge in [0.2, 0.25) is 0 Å². The number of hydrogen-bond acceptors (Lipinski definition) is 3. The van der Waals surface area contributed by atoms with E-state index < -0.39 is 0 Å². The predicted molar refractivity (Wildman–Crippen MR) is 41.2 cm³/mol. The maximum Gasteiger partial charge on any atom is 0.290 e. The Labute approximate surface area is 78.5 Å². The summed E-state index contributed by atoms with van der Waals surface area (Å²) in [5.74, 6) is 0.0430. The number of ether oxygens (including phenoxy) is 2. The molecule has 5 nitrogen and oxygen atoms in total. The largest absolute Gasteiger partial charge is 1.00 e. The Morgan fingerprint density at radius 2 is 2.00 bits per heavy atom. The van der Waals surface area contributed by atoms with E-state index in [1.807, 2.05) is 6.92 Å². The molecular formula is C6H16ClN3O2. The molecule has 0 bridgehead atoms. The minimum absolute atomic E-state index is 0. The molecule has 0 unspecified atom stereocenters. The molecular weight excluding hydrogens is 182 g/mol. The first-order valence-corrected chi connectivity index (χ1v) is 3.60. The molecule has 0 aromatic rings. The van der Waals surface area contributed by atoms with E-state index in [0.29, 0.717) is 26.6 Å². The molecule has 0 aliphatic rings. The molecule has 0 heterocycles. The molecule has 0 saturated heterocycles. The Morgan fingerprint density at radius 3 is 2.50 bits per heavy atom. The molecule has 0 fully saturated rings. The summed E-state index contributed by atoms with van der Waals surface area (Å²) < 4.78 is 10.1. The normalized spacial score (nSPS) is 9.08. The molecule has 0 atom stereocenters. The topological polar surface area (TPSA) is 84.9 Å². The van der Waals surface area contributed by atoms with Crippen molar-refractivity contribution in [1.82, 2.24) is 0 Å². The van der Waals surface area contributed by atoms with Crippen molar-refractivity contribution in [2.24, 2.45) is 5.73 Å². The zero-order valence-electron chi connectivity index (χ0n) is 7.18. The Kier molecular flexibility index (Phi) is 12.6. The van der Waals surface area contributed by atoms with Crippen molar-refractivity contribution in [3.63, 3.8) is 0 Å². The first-order chi connectivity index (χ1) is 5.27. The first-order valence-electron chi connectivity index (χ1n) is 3.60. The van der Waals surface area contributed by atoms with Crippen LogP contribution in [0.4, 0.5) is 0 Å². The van der Waals surface area contributed by atoms with Gasteiger partial charge in [-0.15, -0.1) is 0 Å². The van der Waals surface area contributed by atoms with E-state index >= 15 is 0 Å². The van der Waals surface area contributed by atoms with Gasteiger partial charge >= 0.3 is 0 Å². The van der Waals surface area contributed by atoms with Gasteiger partial charge in [-0.3, -0.25) is 5.32 Å². The van der Waals surface area contributed by atoms with Crippen molar-refractivity contribution in [3.8, 4) is 0 Å². The van der Waals surface area contributed by atoms with Crippen LogP contribution >= 0.6 is 0 Å². The van der Waals surface area contributed by atoms with Crippen LogP contribution in [0, 0.1) is 5.41 Å². The summed E-state index contributed by atoms with van der Waals surface area (Å²) in [7, 11) is 0. The van der Waals surface area contributed by atoms with E-state index in [4.69, 9.17) is 20.6 Å². The fraction of sp³-hybridized carbons (Fsp3) is 0.833. The highest BCUT2D eigenvalue weighted by Crippen LogP contribution is 1.73. The zero-order valence-corrected chi connectivity index (χ0v) is 7.93. The Morgan fingerprint density at radius 1 is 1.42 bits per heavy atom. The highest BCUT2D eigenvalue weighted by atomic mass is 35.5. The van der Waals surface area contributed by atoms with Crippen LogP contribution < -0.4 is 23.5 Å². The molecule has 0 aliphatic heterocycles. The Bertz CT molecular complexity index is 113. The lowest BCUT2D eigenvalue weighted by molar-refractivity contribution is -0.585. The summed E-state index contributed by atoms with van der Waals surface area (Å²) in [5, 5.41) is 8.33. The molecule has 12 heavy (non-hydrogen) atoms. The van der Waals surface area contributed by atoms with Gasteiger partial charge in [0.15, 0.2) is 6.73 Å². The van der Waals surface area contributed by atoms with Crippen molar-refractivity contribution >= 4 is 5.96 Å². The monoisotopic (exact) mass is 197 g/mol. The minimum atomic E-state index is 0. The van der Waals surface area contributed by atoms with E-state index in [2.05, 4.69) is 0 Å². The average Bonchev–Trinajstić information content (AvgIpc) is 1.96. The molecule has 0 aromatic carbocycles. The second-order valence-electron chi connectivity index (χ2n) is 1.93.